The molecular formula is C13H15NO2S. The zero-order valence-electron chi connectivity index (χ0n) is 9.86. The highest BCUT2D eigenvalue weighted by Crippen LogP contribution is 2.38. The Hall–Kier alpha value is -1.16. The molecule has 0 atom stereocenters. The number of aliphatic imine (C=N–C) groups is 1. The predicted molar refractivity (Wildman–Crippen MR) is 67.5 cm³/mol. The van der Waals surface area contributed by atoms with E-state index in [0.717, 1.165) is 36.1 Å². The summed E-state index contributed by atoms with van der Waals surface area (Å²) >= 11 is 1.59. The Bertz CT molecular complexity index is 483. The van der Waals surface area contributed by atoms with Gasteiger partial charge in [0.25, 0.3) is 0 Å². The molecule has 0 aromatic carbocycles. The lowest BCUT2D eigenvalue weighted by Crippen LogP contribution is -2.35. The number of hydrogen-bond donors (Lipinski definition) is 0. The summed E-state index contributed by atoms with van der Waals surface area (Å²) in [5, 5.41) is 2.01. The smallest absolute Gasteiger partial charge is 0.340 e. The predicted octanol–water partition coefficient (Wildman–Crippen LogP) is 3.06. The summed E-state index contributed by atoms with van der Waals surface area (Å²) in [5.74, 6) is 0.407. The molecule has 0 saturated heterocycles. The van der Waals surface area contributed by atoms with Crippen LogP contribution in [0, 0.1) is 6.92 Å². The van der Waals surface area contributed by atoms with Gasteiger partial charge in [-0.25, -0.2) is 9.79 Å². The van der Waals surface area contributed by atoms with E-state index in [1.165, 1.54) is 6.42 Å². The zero-order chi connectivity index (χ0) is 11.9. The highest BCUT2D eigenvalue weighted by Gasteiger charge is 2.46. The molecule has 0 amide bonds. The van der Waals surface area contributed by atoms with Gasteiger partial charge in [-0.15, -0.1) is 11.3 Å². The first-order chi connectivity index (χ1) is 8.21. The van der Waals surface area contributed by atoms with Crippen LogP contribution in [-0.2, 0) is 9.53 Å². The quantitative estimate of drug-likeness (QED) is 0.717. The van der Waals surface area contributed by atoms with Gasteiger partial charge in [0.2, 0.25) is 5.90 Å². The Labute approximate surface area is 105 Å². The van der Waals surface area contributed by atoms with Crippen LogP contribution in [0.15, 0.2) is 16.4 Å². The lowest BCUT2D eigenvalue weighted by molar-refractivity contribution is -0.140. The molecule has 90 valence electrons. The molecule has 1 spiro atoms. The Morgan fingerprint density at radius 3 is 2.76 bits per heavy atom. The molecule has 17 heavy (non-hydrogen) atoms. The molecule has 2 aliphatic rings. The maximum Gasteiger partial charge on any atom is 0.340 e. The number of carbonyl (C=O) groups is 1. The number of nitrogens with zero attached hydrogens (tertiary/aromatic N) is 1. The monoisotopic (exact) mass is 249 g/mol. The Morgan fingerprint density at radius 2 is 2.12 bits per heavy atom. The average molecular weight is 249 g/mol. The highest BCUT2D eigenvalue weighted by molar-refractivity contribution is 7.12. The van der Waals surface area contributed by atoms with E-state index in [2.05, 4.69) is 4.99 Å². The minimum absolute atomic E-state index is 0.139. The van der Waals surface area contributed by atoms with Crippen molar-refractivity contribution in [3.63, 3.8) is 0 Å². The van der Waals surface area contributed by atoms with Crippen molar-refractivity contribution in [1.29, 1.82) is 0 Å². The SMILES string of the molecule is Cc1ccsc1C1=NC2(CCCCC2)C(=O)O1. The van der Waals surface area contributed by atoms with Crippen molar-refractivity contribution >= 4 is 23.2 Å². The molecule has 1 aliphatic heterocycles. The molecule has 4 heteroatoms. The van der Waals surface area contributed by atoms with E-state index < -0.39 is 5.54 Å². The summed E-state index contributed by atoms with van der Waals surface area (Å²) in [5.41, 5.74) is 0.582. The minimum Gasteiger partial charge on any atom is -0.404 e. The van der Waals surface area contributed by atoms with Crippen LogP contribution in [-0.4, -0.2) is 17.4 Å². The van der Waals surface area contributed by atoms with Crippen LogP contribution in [0.25, 0.3) is 0 Å². The molecule has 1 aliphatic carbocycles. The fraction of sp³-hybridized carbons (Fsp3) is 0.538. The third-order valence-electron chi connectivity index (χ3n) is 3.62. The van der Waals surface area contributed by atoms with E-state index in [4.69, 9.17) is 4.74 Å². The number of rotatable bonds is 1. The average Bonchev–Trinajstić information content (AvgIpc) is 2.86. The normalized spacial score (nSPS) is 22.6. The van der Waals surface area contributed by atoms with Gasteiger partial charge in [0.1, 0.15) is 0 Å². The van der Waals surface area contributed by atoms with Gasteiger partial charge in [0, 0.05) is 0 Å². The maximum atomic E-state index is 12.0. The Kier molecular flexibility index (Phi) is 2.54. The van der Waals surface area contributed by atoms with Gasteiger partial charge in [-0.3, -0.25) is 0 Å². The minimum atomic E-state index is -0.552. The molecule has 0 unspecified atom stereocenters. The topological polar surface area (TPSA) is 38.7 Å². The summed E-state index contributed by atoms with van der Waals surface area (Å²) in [6.07, 6.45) is 5.06. The van der Waals surface area contributed by atoms with Crippen molar-refractivity contribution in [3.05, 3.63) is 21.9 Å². The zero-order valence-corrected chi connectivity index (χ0v) is 10.7. The summed E-state index contributed by atoms with van der Waals surface area (Å²) in [6.45, 7) is 2.02. The summed E-state index contributed by atoms with van der Waals surface area (Å²) < 4.78 is 5.40. The van der Waals surface area contributed by atoms with Crippen molar-refractivity contribution in [3.8, 4) is 0 Å². The van der Waals surface area contributed by atoms with Crippen molar-refractivity contribution < 1.29 is 9.53 Å². The van der Waals surface area contributed by atoms with Crippen LogP contribution in [0.5, 0.6) is 0 Å². The molecular weight excluding hydrogens is 234 g/mol. The lowest BCUT2D eigenvalue weighted by Gasteiger charge is -2.25. The number of cyclic esters (lactones) is 1. The molecule has 2 heterocycles. The summed E-state index contributed by atoms with van der Waals surface area (Å²) in [7, 11) is 0. The van der Waals surface area contributed by atoms with Gasteiger partial charge >= 0.3 is 5.97 Å². The van der Waals surface area contributed by atoms with Crippen molar-refractivity contribution in [2.24, 2.45) is 4.99 Å². The number of thiophene rings is 1. The molecule has 1 saturated carbocycles. The van der Waals surface area contributed by atoms with E-state index in [9.17, 15) is 4.79 Å². The fourth-order valence-corrected chi connectivity index (χ4v) is 3.44. The molecule has 0 N–H and O–H groups in total. The fourth-order valence-electron chi connectivity index (χ4n) is 2.59. The largest absolute Gasteiger partial charge is 0.404 e. The Morgan fingerprint density at radius 1 is 1.35 bits per heavy atom. The van der Waals surface area contributed by atoms with E-state index in [-0.39, 0.29) is 5.97 Å². The van der Waals surface area contributed by atoms with Crippen LogP contribution in [0.3, 0.4) is 0 Å². The van der Waals surface area contributed by atoms with Crippen LogP contribution >= 0.6 is 11.3 Å². The molecule has 3 rings (SSSR count). The third kappa shape index (κ3) is 1.71. The molecule has 0 radical (unpaired) electrons. The third-order valence-corrected chi connectivity index (χ3v) is 4.63. The molecule has 3 nitrogen and oxygen atoms in total. The first kappa shape index (κ1) is 11.0. The van der Waals surface area contributed by atoms with Crippen LogP contribution in [0.2, 0.25) is 0 Å². The van der Waals surface area contributed by atoms with Crippen LogP contribution in [0.1, 0.15) is 42.5 Å². The second kappa shape index (κ2) is 3.95. The van der Waals surface area contributed by atoms with Gasteiger partial charge in [0.15, 0.2) is 5.54 Å². The Balaban J connectivity index is 1.96. The van der Waals surface area contributed by atoms with E-state index in [1.54, 1.807) is 11.3 Å². The standard InChI is InChI=1S/C13H15NO2S/c1-9-5-8-17-10(9)11-14-13(12(15)16-11)6-3-2-4-7-13/h5,8H,2-4,6-7H2,1H3. The lowest BCUT2D eigenvalue weighted by atomic mass is 9.83. The van der Waals surface area contributed by atoms with E-state index >= 15 is 0 Å². The second-order valence-electron chi connectivity index (χ2n) is 4.83. The van der Waals surface area contributed by atoms with Crippen molar-refractivity contribution in [2.45, 2.75) is 44.6 Å². The number of hydrogen-bond acceptors (Lipinski definition) is 4. The molecule has 1 aromatic rings. The molecule has 0 bridgehead atoms. The van der Waals surface area contributed by atoms with Gasteiger partial charge in [0.05, 0.1) is 4.88 Å². The van der Waals surface area contributed by atoms with Gasteiger partial charge < -0.3 is 4.74 Å². The number of aryl methyl sites for hydroxylation is 1. The van der Waals surface area contributed by atoms with Crippen molar-refractivity contribution in [2.75, 3.05) is 0 Å². The first-order valence-electron chi connectivity index (χ1n) is 6.08. The van der Waals surface area contributed by atoms with E-state index in [1.807, 2.05) is 18.4 Å². The number of ether oxygens (including phenoxy) is 1. The van der Waals surface area contributed by atoms with Gasteiger partial charge in [-0.05, 0) is 36.8 Å². The van der Waals surface area contributed by atoms with Crippen LogP contribution < -0.4 is 0 Å². The highest BCUT2D eigenvalue weighted by atomic mass is 32.1. The number of esters is 1. The first-order valence-corrected chi connectivity index (χ1v) is 6.96. The summed E-state index contributed by atoms with van der Waals surface area (Å²) in [6, 6.07) is 2.03. The number of carbonyl (C=O) groups excluding carboxylic acids is 1. The van der Waals surface area contributed by atoms with Gasteiger partial charge in [-0.2, -0.15) is 0 Å². The summed E-state index contributed by atoms with van der Waals surface area (Å²) in [4.78, 5) is 17.7. The van der Waals surface area contributed by atoms with Crippen molar-refractivity contribution in [1.82, 2.24) is 0 Å². The van der Waals surface area contributed by atoms with Crippen LogP contribution in [0.4, 0.5) is 0 Å². The molecule has 1 fully saturated rings. The maximum absolute atomic E-state index is 12.0. The van der Waals surface area contributed by atoms with E-state index in [0.29, 0.717) is 5.90 Å². The molecule has 1 aromatic heterocycles. The van der Waals surface area contributed by atoms with Gasteiger partial charge in [-0.1, -0.05) is 19.3 Å². The second-order valence-corrected chi connectivity index (χ2v) is 5.75.